The van der Waals surface area contributed by atoms with Crippen molar-refractivity contribution in [2.24, 2.45) is 0 Å². The number of hydrogen-bond donors (Lipinski definition) is 1. The third-order valence-corrected chi connectivity index (χ3v) is 2.59. The molecular weight excluding hydrogens is 226 g/mol. The molecular formula is C10H17N3O2S. The first-order valence-corrected chi connectivity index (χ1v) is 5.94. The van der Waals surface area contributed by atoms with E-state index in [0.29, 0.717) is 25.0 Å². The van der Waals surface area contributed by atoms with Crippen molar-refractivity contribution in [2.75, 3.05) is 26.9 Å². The maximum atomic E-state index is 5.38. The van der Waals surface area contributed by atoms with Crippen molar-refractivity contribution >= 4 is 11.3 Å². The largest absolute Gasteiger partial charge is 0.469 e. The van der Waals surface area contributed by atoms with Crippen molar-refractivity contribution in [3.8, 4) is 5.19 Å². The summed E-state index contributed by atoms with van der Waals surface area (Å²) in [5.41, 5.74) is 0. The summed E-state index contributed by atoms with van der Waals surface area (Å²) in [6.45, 7) is 6.43. The number of methoxy groups -OCH3 is 1. The lowest BCUT2D eigenvalue weighted by Crippen LogP contribution is -2.18. The second-order valence-electron chi connectivity index (χ2n) is 3.06. The van der Waals surface area contributed by atoms with Crippen LogP contribution in [0.4, 0.5) is 0 Å². The summed E-state index contributed by atoms with van der Waals surface area (Å²) >= 11 is 1.46. The molecule has 0 aliphatic heterocycles. The van der Waals surface area contributed by atoms with E-state index in [1.54, 1.807) is 7.11 Å². The number of nitrogens with one attached hydrogen (secondary N) is 1. The molecule has 1 aromatic rings. The van der Waals surface area contributed by atoms with Crippen LogP contribution in [0.2, 0.25) is 0 Å². The van der Waals surface area contributed by atoms with Gasteiger partial charge in [0.15, 0.2) is 0 Å². The highest BCUT2D eigenvalue weighted by molar-refractivity contribution is 7.13. The van der Waals surface area contributed by atoms with Crippen molar-refractivity contribution < 1.29 is 9.47 Å². The van der Waals surface area contributed by atoms with Crippen molar-refractivity contribution in [2.45, 2.75) is 13.0 Å². The van der Waals surface area contributed by atoms with Crippen molar-refractivity contribution in [1.82, 2.24) is 15.5 Å². The Kier molecular flexibility index (Phi) is 6.71. The Bertz CT molecular complexity index is 304. The molecule has 0 fully saturated rings. The van der Waals surface area contributed by atoms with E-state index in [0.717, 1.165) is 18.0 Å². The van der Waals surface area contributed by atoms with Gasteiger partial charge in [-0.1, -0.05) is 17.4 Å². The number of ether oxygens (including phenoxy) is 2. The lowest BCUT2D eigenvalue weighted by molar-refractivity contribution is 0.199. The van der Waals surface area contributed by atoms with E-state index in [2.05, 4.69) is 22.1 Å². The van der Waals surface area contributed by atoms with Crippen LogP contribution in [0.1, 0.15) is 11.4 Å². The summed E-state index contributed by atoms with van der Waals surface area (Å²) < 4.78 is 10.3. The zero-order chi connectivity index (χ0) is 11.6. The molecule has 5 nitrogen and oxygen atoms in total. The summed E-state index contributed by atoms with van der Waals surface area (Å²) in [5.74, 6) is 0. The molecule has 0 radical (unpaired) electrons. The second-order valence-corrected chi connectivity index (χ2v) is 4.08. The molecule has 0 atom stereocenters. The molecule has 0 aliphatic rings. The summed E-state index contributed by atoms with van der Waals surface area (Å²) in [6, 6.07) is 0. The first-order chi connectivity index (χ1) is 7.86. The van der Waals surface area contributed by atoms with Crippen molar-refractivity contribution in [1.29, 1.82) is 0 Å². The van der Waals surface area contributed by atoms with Gasteiger partial charge in [-0.05, 0) is 6.42 Å². The predicted octanol–water partition coefficient (Wildman–Crippen LogP) is 1.23. The highest BCUT2D eigenvalue weighted by Gasteiger charge is 2.03. The van der Waals surface area contributed by atoms with Crippen molar-refractivity contribution in [3.05, 3.63) is 17.7 Å². The predicted molar refractivity (Wildman–Crippen MR) is 63.8 cm³/mol. The molecule has 0 saturated carbocycles. The van der Waals surface area contributed by atoms with Gasteiger partial charge in [0.1, 0.15) is 5.01 Å². The molecule has 1 N–H and O–H groups in total. The van der Waals surface area contributed by atoms with E-state index < -0.39 is 0 Å². The van der Waals surface area contributed by atoms with Gasteiger partial charge in [-0.3, -0.25) is 0 Å². The van der Waals surface area contributed by atoms with Gasteiger partial charge in [-0.25, -0.2) is 0 Å². The number of rotatable bonds is 9. The number of aromatic nitrogens is 2. The van der Waals surface area contributed by atoms with Gasteiger partial charge < -0.3 is 14.8 Å². The first kappa shape index (κ1) is 13.1. The van der Waals surface area contributed by atoms with Crippen LogP contribution in [0.25, 0.3) is 0 Å². The minimum Gasteiger partial charge on any atom is -0.469 e. The van der Waals surface area contributed by atoms with E-state index in [4.69, 9.17) is 9.47 Å². The smallest absolute Gasteiger partial charge is 0.294 e. The van der Waals surface area contributed by atoms with Gasteiger partial charge >= 0.3 is 0 Å². The summed E-state index contributed by atoms with van der Waals surface area (Å²) in [6.07, 6.45) is 2.63. The lowest BCUT2D eigenvalue weighted by atomic mass is 10.5. The van der Waals surface area contributed by atoms with Crippen LogP contribution in [0.3, 0.4) is 0 Å². The molecule has 0 aromatic carbocycles. The van der Waals surface area contributed by atoms with Crippen LogP contribution in [0.5, 0.6) is 5.19 Å². The molecule has 0 aliphatic carbocycles. The number of hydrogen-bond acceptors (Lipinski definition) is 6. The third-order valence-electron chi connectivity index (χ3n) is 1.76. The second kappa shape index (κ2) is 8.20. The van der Waals surface area contributed by atoms with Gasteiger partial charge in [-0.2, -0.15) is 0 Å². The molecule has 1 aromatic heterocycles. The van der Waals surface area contributed by atoms with Gasteiger partial charge in [0.05, 0.1) is 13.2 Å². The van der Waals surface area contributed by atoms with Crippen LogP contribution >= 0.6 is 11.3 Å². The van der Waals surface area contributed by atoms with Gasteiger partial charge in [0.25, 0.3) is 5.19 Å². The van der Waals surface area contributed by atoms with Crippen LogP contribution in [-0.2, 0) is 11.3 Å². The Labute approximate surface area is 99.5 Å². The SMILES string of the molecule is C=CCCOc1nnc(CNCCOC)s1. The van der Waals surface area contributed by atoms with Gasteiger partial charge in [0.2, 0.25) is 0 Å². The Morgan fingerprint density at radius 2 is 2.31 bits per heavy atom. The maximum Gasteiger partial charge on any atom is 0.294 e. The van der Waals surface area contributed by atoms with E-state index in [-0.39, 0.29) is 0 Å². The molecule has 6 heteroatoms. The summed E-state index contributed by atoms with van der Waals surface area (Å²) in [7, 11) is 1.68. The molecule has 0 spiro atoms. The fraction of sp³-hybridized carbons (Fsp3) is 0.600. The van der Waals surface area contributed by atoms with Gasteiger partial charge in [-0.15, -0.1) is 16.8 Å². The van der Waals surface area contributed by atoms with E-state index in [1.807, 2.05) is 6.08 Å². The van der Waals surface area contributed by atoms with Crippen LogP contribution in [0.15, 0.2) is 12.7 Å². The molecule has 0 unspecified atom stereocenters. The molecule has 1 heterocycles. The average Bonchev–Trinajstić information content (AvgIpc) is 2.73. The minimum atomic E-state index is 0.606. The van der Waals surface area contributed by atoms with Crippen molar-refractivity contribution in [3.63, 3.8) is 0 Å². The van der Waals surface area contributed by atoms with Crippen LogP contribution in [-0.4, -0.2) is 37.1 Å². The van der Waals surface area contributed by atoms with E-state index >= 15 is 0 Å². The number of nitrogens with zero attached hydrogens (tertiary/aromatic N) is 2. The average molecular weight is 243 g/mol. The van der Waals surface area contributed by atoms with Gasteiger partial charge in [0, 0.05) is 20.2 Å². The fourth-order valence-corrected chi connectivity index (χ4v) is 1.65. The molecule has 0 bridgehead atoms. The monoisotopic (exact) mass is 243 g/mol. The highest BCUT2D eigenvalue weighted by atomic mass is 32.1. The quantitative estimate of drug-likeness (QED) is 0.522. The first-order valence-electron chi connectivity index (χ1n) is 5.12. The Balaban J connectivity index is 2.20. The highest BCUT2D eigenvalue weighted by Crippen LogP contribution is 2.17. The maximum absolute atomic E-state index is 5.38. The standard InChI is InChI=1S/C10H17N3O2S/c1-3-4-6-15-10-13-12-9(16-10)8-11-5-7-14-2/h3,11H,1,4-8H2,2H3. The Morgan fingerprint density at radius 1 is 1.44 bits per heavy atom. The fourth-order valence-electron chi connectivity index (χ4n) is 0.967. The zero-order valence-corrected chi connectivity index (χ0v) is 10.3. The molecule has 90 valence electrons. The summed E-state index contributed by atoms with van der Waals surface area (Å²) in [4.78, 5) is 0. The normalized spacial score (nSPS) is 10.3. The Morgan fingerprint density at radius 3 is 3.06 bits per heavy atom. The molecule has 1 rings (SSSR count). The minimum absolute atomic E-state index is 0.606. The lowest BCUT2D eigenvalue weighted by Gasteiger charge is -1.99. The molecule has 0 amide bonds. The summed E-state index contributed by atoms with van der Waals surface area (Å²) in [5, 5.41) is 12.7. The third kappa shape index (κ3) is 5.20. The topological polar surface area (TPSA) is 56.3 Å². The Hall–Kier alpha value is -0.980. The molecule has 0 saturated heterocycles. The van der Waals surface area contributed by atoms with E-state index in [1.165, 1.54) is 11.3 Å². The van der Waals surface area contributed by atoms with Crippen LogP contribution in [0, 0.1) is 0 Å². The van der Waals surface area contributed by atoms with Crippen LogP contribution < -0.4 is 10.1 Å². The zero-order valence-electron chi connectivity index (χ0n) is 9.44. The molecule has 16 heavy (non-hydrogen) atoms. The van der Waals surface area contributed by atoms with E-state index in [9.17, 15) is 0 Å².